The monoisotopic (exact) mass is 303 g/mol. The molecule has 1 saturated heterocycles. The van der Waals surface area contributed by atoms with Crippen molar-refractivity contribution >= 4 is 34.8 Å². The van der Waals surface area contributed by atoms with Gasteiger partial charge in [-0.05, 0) is 53.0 Å². The van der Waals surface area contributed by atoms with Crippen molar-refractivity contribution in [2.24, 2.45) is 5.92 Å². The molecule has 18 heavy (non-hydrogen) atoms. The summed E-state index contributed by atoms with van der Waals surface area (Å²) in [5.41, 5.74) is 1.20. The van der Waals surface area contributed by atoms with Crippen LogP contribution in [0.5, 0.6) is 0 Å². The molecule has 2 radical (unpaired) electrons. The van der Waals surface area contributed by atoms with Crippen LogP contribution in [0.25, 0.3) is 10.9 Å². The average molecular weight is 304 g/mol. The topological polar surface area (TPSA) is 21.1 Å². The highest BCUT2D eigenvalue weighted by Crippen LogP contribution is 2.25. The molecular weight excluding hydrogens is 289 g/mol. The van der Waals surface area contributed by atoms with Crippen LogP contribution >= 0.6 is 15.9 Å². The Bertz CT molecular complexity index is 558. The van der Waals surface area contributed by atoms with Gasteiger partial charge in [0.1, 0.15) is 4.60 Å². The van der Waals surface area contributed by atoms with Crippen LogP contribution in [0.4, 0.5) is 0 Å². The Morgan fingerprint density at radius 1 is 1.56 bits per heavy atom. The molecule has 3 rings (SSSR count). The van der Waals surface area contributed by atoms with E-state index in [1.165, 1.54) is 17.3 Å². The van der Waals surface area contributed by atoms with Crippen LogP contribution in [0, 0.1) is 5.92 Å². The number of halogens is 1. The fourth-order valence-electron chi connectivity index (χ4n) is 2.80. The largest absolute Gasteiger partial charge is 0.351 e. The molecule has 1 aliphatic heterocycles. The molecule has 3 nitrogen and oxygen atoms in total. The fourth-order valence-corrected chi connectivity index (χ4v) is 3.15. The molecule has 0 N–H and O–H groups in total. The molecule has 1 fully saturated rings. The highest BCUT2D eigenvalue weighted by atomic mass is 79.9. The Hall–Kier alpha value is -0.805. The number of pyridine rings is 1. The number of hydrogen-bond acceptors (Lipinski definition) is 2. The minimum Gasteiger partial charge on any atom is -0.351 e. The summed E-state index contributed by atoms with van der Waals surface area (Å²) < 4.78 is 3.17. The van der Waals surface area contributed by atoms with E-state index < -0.39 is 0 Å². The van der Waals surface area contributed by atoms with E-state index in [4.69, 9.17) is 7.98 Å². The second-order valence-corrected chi connectivity index (χ2v) is 5.99. The third-order valence-corrected chi connectivity index (χ3v) is 4.22. The summed E-state index contributed by atoms with van der Waals surface area (Å²) in [4.78, 5) is 6.25. The van der Waals surface area contributed by atoms with E-state index in [0.29, 0.717) is 12.0 Å². The van der Waals surface area contributed by atoms with E-state index in [1.54, 1.807) is 0 Å². The van der Waals surface area contributed by atoms with Crippen molar-refractivity contribution in [3.8, 4) is 0 Å². The molecule has 0 aromatic carbocycles. The van der Waals surface area contributed by atoms with Crippen LogP contribution in [-0.2, 0) is 6.54 Å². The van der Waals surface area contributed by atoms with E-state index in [0.717, 1.165) is 17.7 Å². The first-order valence-corrected chi connectivity index (χ1v) is 7.04. The molecule has 92 valence electrons. The number of rotatable bonds is 2. The van der Waals surface area contributed by atoms with Crippen molar-refractivity contribution in [2.75, 3.05) is 6.54 Å². The van der Waals surface area contributed by atoms with Crippen molar-refractivity contribution in [1.29, 1.82) is 0 Å². The van der Waals surface area contributed by atoms with Crippen molar-refractivity contribution < 1.29 is 0 Å². The van der Waals surface area contributed by atoms with E-state index in [9.17, 15) is 0 Å². The van der Waals surface area contributed by atoms with Crippen LogP contribution in [0.3, 0.4) is 0 Å². The lowest BCUT2D eigenvalue weighted by molar-refractivity contribution is 0.436. The zero-order valence-corrected chi connectivity index (χ0v) is 12.0. The first-order chi connectivity index (χ1) is 8.63. The van der Waals surface area contributed by atoms with E-state index in [-0.39, 0.29) is 0 Å². The minimum atomic E-state index is 0.490. The van der Waals surface area contributed by atoms with Gasteiger partial charge in [0.05, 0.1) is 11.7 Å². The average Bonchev–Trinajstić information content (AvgIpc) is 2.84. The number of fused-ring (bicyclic) bond motifs is 1. The minimum absolute atomic E-state index is 0.490. The zero-order chi connectivity index (χ0) is 12.7. The Morgan fingerprint density at radius 2 is 2.39 bits per heavy atom. The van der Waals surface area contributed by atoms with E-state index in [1.807, 2.05) is 11.0 Å². The van der Waals surface area contributed by atoms with Gasteiger partial charge in [-0.2, -0.15) is 0 Å². The maximum Gasteiger partial charge on any atom is 0.182 e. The van der Waals surface area contributed by atoms with Crippen molar-refractivity contribution in [3.63, 3.8) is 0 Å². The van der Waals surface area contributed by atoms with Gasteiger partial charge in [-0.3, -0.25) is 0 Å². The van der Waals surface area contributed by atoms with Crippen LogP contribution in [0.1, 0.15) is 13.3 Å². The summed E-state index contributed by atoms with van der Waals surface area (Å²) in [6.07, 6.45) is 5.24. The summed E-state index contributed by atoms with van der Waals surface area (Å²) in [5.74, 6) is 0.629. The second kappa shape index (κ2) is 4.70. The summed E-state index contributed by atoms with van der Waals surface area (Å²) in [6, 6.07) is 4.68. The third kappa shape index (κ3) is 2.21. The molecule has 0 amide bonds. The predicted molar refractivity (Wildman–Crippen MR) is 77.5 cm³/mol. The Balaban J connectivity index is 1.83. The molecule has 2 atom stereocenters. The predicted octanol–water partition coefficient (Wildman–Crippen LogP) is 2.59. The van der Waals surface area contributed by atoms with E-state index in [2.05, 4.69) is 50.7 Å². The Labute approximate surface area is 117 Å². The standard InChI is InChI=1S/C13H15BBrN3/c1-9-4-10(8-18(9)14)7-17-3-2-11-5-13(15)16-6-12(11)17/h2-3,5-6,9-10H,4,7-8H2,1H3. The maximum atomic E-state index is 5.94. The Kier molecular flexibility index (Phi) is 3.20. The van der Waals surface area contributed by atoms with Crippen molar-refractivity contribution in [2.45, 2.75) is 25.9 Å². The van der Waals surface area contributed by atoms with Gasteiger partial charge in [-0.15, -0.1) is 0 Å². The third-order valence-electron chi connectivity index (χ3n) is 3.79. The van der Waals surface area contributed by atoms with Gasteiger partial charge in [0.15, 0.2) is 7.98 Å². The Morgan fingerprint density at radius 3 is 3.11 bits per heavy atom. The summed E-state index contributed by atoms with van der Waals surface area (Å²) >= 11 is 3.40. The molecule has 3 heterocycles. The smallest absolute Gasteiger partial charge is 0.182 e. The molecule has 0 saturated carbocycles. The normalized spacial score (nSPS) is 25.0. The van der Waals surface area contributed by atoms with Gasteiger partial charge < -0.3 is 9.38 Å². The molecule has 2 aromatic heterocycles. The van der Waals surface area contributed by atoms with Crippen molar-refractivity contribution in [1.82, 2.24) is 14.4 Å². The number of hydrogen-bond donors (Lipinski definition) is 0. The van der Waals surface area contributed by atoms with Gasteiger partial charge >= 0.3 is 0 Å². The van der Waals surface area contributed by atoms with Crippen LogP contribution in [0.15, 0.2) is 29.1 Å². The first kappa shape index (κ1) is 12.2. The highest BCUT2D eigenvalue weighted by molar-refractivity contribution is 9.10. The van der Waals surface area contributed by atoms with Gasteiger partial charge in [0, 0.05) is 18.1 Å². The summed E-state index contributed by atoms with van der Waals surface area (Å²) in [6.45, 7) is 4.18. The van der Waals surface area contributed by atoms with Crippen LogP contribution in [0.2, 0.25) is 0 Å². The molecule has 1 aliphatic rings. The SMILES string of the molecule is [B]N1CC(Cn2ccc3cc(Br)ncc32)CC1C. The second-order valence-electron chi connectivity index (χ2n) is 5.18. The molecular formula is C13H15BBrN3. The molecule has 5 heteroatoms. The molecule has 0 bridgehead atoms. The van der Waals surface area contributed by atoms with Gasteiger partial charge in [-0.1, -0.05) is 6.92 Å². The van der Waals surface area contributed by atoms with Crippen molar-refractivity contribution in [3.05, 3.63) is 29.1 Å². The van der Waals surface area contributed by atoms with Crippen LogP contribution in [-0.4, -0.2) is 34.9 Å². The van der Waals surface area contributed by atoms with Gasteiger partial charge in [0.2, 0.25) is 0 Å². The van der Waals surface area contributed by atoms with Gasteiger partial charge in [0.25, 0.3) is 0 Å². The van der Waals surface area contributed by atoms with Crippen LogP contribution < -0.4 is 0 Å². The lowest BCUT2D eigenvalue weighted by Gasteiger charge is -2.14. The zero-order valence-electron chi connectivity index (χ0n) is 10.4. The lowest BCUT2D eigenvalue weighted by atomic mass is 10.1. The summed E-state index contributed by atoms with van der Waals surface area (Å²) in [5, 5.41) is 1.23. The molecule has 2 unspecified atom stereocenters. The lowest BCUT2D eigenvalue weighted by Crippen LogP contribution is -2.23. The van der Waals surface area contributed by atoms with Gasteiger partial charge in [-0.25, -0.2) is 4.98 Å². The number of aromatic nitrogens is 2. The number of nitrogens with zero attached hydrogens (tertiary/aromatic N) is 3. The molecule has 0 spiro atoms. The maximum absolute atomic E-state index is 5.94. The van der Waals surface area contributed by atoms with E-state index >= 15 is 0 Å². The molecule has 2 aromatic rings. The fraction of sp³-hybridized carbons (Fsp3) is 0.462. The molecule has 0 aliphatic carbocycles. The highest BCUT2D eigenvalue weighted by Gasteiger charge is 2.25. The summed E-state index contributed by atoms with van der Waals surface area (Å²) in [7, 11) is 5.94. The quantitative estimate of drug-likeness (QED) is 0.628. The first-order valence-electron chi connectivity index (χ1n) is 6.25.